The molecule has 3 rings (SSSR count). The largest absolute Gasteiger partial charge is 0.286 e. The number of nitrogens with zero attached hydrogens (tertiary/aromatic N) is 2. The molecule has 1 N–H and O–H groups in total. The smallest absolute Gasteiger partial charge is 0.267 e. The molecule has 1 unspecified atom stereocenters. The van der Waals surface area contributed by atoms with Gasteiger partial charge in [-0.05, 0) is 42.0 Å². The first-order chi connectivity index (χ1) is 12.8. The van der Waals surface area contributed by atoms with E-state index in [2.05, 4.69) is 5.10 Å². The Bertz CT molecular complexity index is 960. The molecule has 7 nitrogen and oxygen atoms in total. The van der Waals surface area contributed by atoms with Crippen LogP contribution in [0.4, 0.5) is 5.69 Å². The molecule has 1 aliphatic heterocycles. The second kappa shape index (κ2) is 8.49. The summed E-state index contributed by atoms with van der Waals surface area (Å²) in [6.45, 7) is 0.374. The monoisotopic (exact) mass is 428 g/mol. The maximum absolute atomic E-state index is 12.0. The molecule has 0 bridgehead atoms. The van der Waals surface area contributed by atoms with Crippen LogP contribution < -0.4 is 5.01 Å². The van der Waals surface area contributed by atoms with E-state index in [1.807, 2.05) is 29.3 Å². The molecule has 0 aromatic heterocycles. The Labute approximate surface area is 165 Å². The van der Waals surface area contributed by atoms with Crippen LogP contribution in [0.5, 0.6) is 0 Å². The van der Waals surface area contributed by atoms with Gasteiger partial charge in [-0.25, -0.2) is 4.21 Å². The van der Waals surface area contributed by atoms with Crippen molar-refractivity contribution in [3.63, 3.8) is 0 Å². The molecule has 0 amide bonds. The summed E-state index contributed by atoms with van der Waals surface area (Å²) in [5, 5.41) is 7.15. The van der Waals surface area contributed by atoms with Gasteiger partial charge in [0.1, 0.15) is 5.75 Å². The van der Waals surface area contributed by atoms with Crippen LogP contribution in [0.15, 0.2) is 58.5 Å². The number of halogens is 1. The van der Waals surface area contributed by atoms with E-state index in [9.17, 15) is 12.6 Å². The Hall–Kier alpha value is -1.78. The van der Waals surface area contributed by atoms with E-state index >= 15 is 0 Å². The van der Waals surface area contributed by atoms with Gasteiger partial charge >= 0.3 is 0 Å². The lowest BCUT2D eigenvalue weighted by Gasteiger charge is -2.13. The van der Waals surface area contributed by atoms with Gasteiger partial charge in [-0.1, -0.05) is 23.7 Å². The molecule has 27 heavy (non-hydrogen) atoms. The molecule has 1 aliphatic rings. The molecule has 0 saturated heterocycles. The van der Waals surface area contributed by atoms with E-state index < -0.39 is 27.0 Å². The number of hydrogen-bond acceptors (Lipinski definition) is 6. The summed E-state index contributed by atoms with van der Waals surface area (Å²) in [6.07, 6.45) is 0.800. The normalized spacial score (nSPS) is 15.6. The Morgan fingerprint density at radius 2 is 1.81 bits per heavy atom. The van der Waals surface area contributed by atoms with Crippen LogP contribution in [0, 0.1) is 0 Å². The highest BCUT2D eigenvalue weighted by Gasteiger charge is 2.18. The molecular weight excluding hydrogens is 412 g/mol. The van der Waals surface area contributed by atoms with Crippen LogP contribution in [0.2, 0.25) is 5.02 Å². The zero-order valence-corrected chi connectivity index (χ0v) is 16.5. The Kier molecular flexibility index (Phi) is 6.28. The van der Waals surface area contributed by atoms with E-state index in [0.717, 1.165) is 29.9 Å². The average molecular weight is 429 g/mol. The summed E-state index contributed by atoms with van der Waals surface area (Å²) in [6, 6.07) is 14.3. The van der Waals surface area contributed by atoms with Crippen molar-refractivity contribution >= 4 is 44.2 Å². The quantitative estimate of drug-likeness (QED) is 0.681. The molecule has 0 spiro atoms. The number of hydrazone groups is 1. The zero-order chi connectivity index (χ0) is 19.4. The van der Waals surface area contributed by atoms with Gasteiger partial charge in [0, 0.05) is 18.0 Å². The van der Waals surface area contributed by atoms with Gasteiger partial charge in [-0.2, -0.15) is 13.5 Å². The van der Waals surface area contributed by atoms with Gasteiger partial charge < -0.3 is 0 Å². The lowest BCUT2D eigenvalue weighted by atomic mass is 10.1. The summed E-state index contributed by atoms with van der Waals surface area (Å²) in [4.78, 5) is 0.398. The van der Waals surface area contributed by atoms with E-state index in [1.165, 1.54) is 0 Å². The molecule has 0 fully saturated rings. The standard InChI is InChI=1S/C17H17ClN2O5S2/c18-14-3-1-13(2-4-14)17-9-10-20(19-17)15-5-7-16(8-6-15)26(21)25-11-12-27(22,23)24/h1-8H,9-12H2,(H,22,23,24). The molecule has 0 radical (unpaired) electrons. The van der Waals surface area contributed by atoms with Gasteiger partial charge in [0.2, 0.25) is 0 Å². The second-order valence-electron chi connectivity index (χ2n) is 5.76. The maximum atomic E-state index is 12.0. The summed E-state index contributed by atoms with van der Waals surface area (Å²) in [5.74, 6) is -0.604. The minimum absolute atomic E-state index is 0.353. The highest BCUT2D eigenvalue weighted by molar-refractivity contribution is 7.85. The Balaban J connectivity index is 1.63. The fraction of sp³-hybridized carbons (Fsp3) is 0.235. The topological polar surface area (TPSA) is 96.3 Å². The second-order valence-corrected chi connectivity index (χ2v) is 8.95. The molecule has 1 atom stereocenters. The third kappa shape index (κ3) is 5.60. The molecule has 2 aromatic carbocycles. The number of anilines is 1. The van der Waals surface area contributed by atoms with Crippen molar-refractivity contribution in [2.24, 2.45) is 5.10 Å². The fourth-order valence-electron chi connectivity index (χ4n) is 2.50. The first-order valence-electron chi connectivity index (χ1n) is 8.03. The minimum Gasteiger partial charge on any atom is -0.286 e. The van der Waals surface area contributed by atoms with E-state index in [4.69, 9.17) is 20.3 Å². The third-order valence-corrected chi connectivity index (χ3v) is 5.81. The van der Waals surface area contributed by atoms with Crippen molar-refractivity contribution in [2.45, 2.75) is 11.3 Å². The zero-order valence-electron chi connectivity index (χ0n) is 14.1. The van der Waals surface area contributed by atoms with E-state index in [0.29, 0.717) is 9.92 Å². The van der Waals surface area contributed by atoms with Gasteiger partial charge in [0.15, 0.2) is 11.1 Å². The molecule has 2 aromatic rings. The predicted molar refractivity (Wildman–Crippen MR) is 105 cm³/mol. The highest BCUT2D eigenvalue weighted by Crippen LogP contribution is 2.23. The lowest BCUT2D eigenvalue weighted by Crippen LogP contribution is -2.13. The lowest BCUT2D eigenvalue weighted by molar-refractivity contribution is 0.365. The predicted octanol–water partition coefficient (Wildman–Crippen LogP) is 2.88. The van der Waals surface area contributed by atoms with Crippen molar-refractivity contribution in [2.75, 3.05) is 23.9 Å². The Morgan fingerprint density at radius 3 is 2.44 bits per heavy atom. The number of hydrogen-bond donors (Lipinski definition) is 1. The molecular formula is C17H17ClN2O5S2. The highest BCUT2D eigenvalue weighted by atomic mass is 35.5. The average Bonchev–Trinajstić information content (AvgIpc) is 3.11. The molecule has 1 heterocycles. The van der Waals surface area contributed by atoms with Crippen LogP contribution in [-0.4, -0.2) is 41.8 Å². The van der Waals surface area contributed by atoms with Crippen LogP contribution in [0.1, 0.15) is 12.0 Å². The van der Waals surface area contributed by atoms with E-state index in [1.54, 1.807) is 24.3 Å². The molecule has 144 valence electrons. The van der Waals surface area contributed by atoms with Crippen LogP contribution in [0.25, 0.3) is 0 Å². The van der Waals surface area contributed by atoms with Crippen LogP contribution >= 0.6 is 11.6 Å². The first-order valence-corrected chi connectivity index (χ1v) is 11.1. The number of rotatable bonds is 7. The SMILES string of the molecule is O=S(OCCS(=O)(=O)O)c1ccc(N2CCC(c3ccc(Cl)cc3)=N2)cc1. The van der Waals surface area contributed by atoms with Crippen molar-refractivity contribution in [3.8, 4) is 0 Å². The van der Waals surface area contributed by atoms with Gasteiger partial charge in [-0.3, -0.25) is 13.7 Å². The van der Waals surface area contributed by atoms with Crippen molar-refractivity contribution < 1.29 is 21.4 Å². The number of benzene rings is 2. The van der Waals surface area contributed by atoms with Crippen LogP contribution in [0.3, 0.4) is 0 Å². The fourth-order valence-corrected chi connectivity index (χ4v) is 3.76. The van der Waals surface area contributed by atoms with Crippen molar-refractivity contribution in [1.29, 1.82) is 0 Å². The Morgan fingerprint density at radius 1 is 1.15 bits per heavy atom. The molecule has 10 heteroatoms. The van der Waals surface area contributed by atoms with Gasteiger partial charge in [-0.15, -0.1) is 0 Å². The maximum Gasteiger partial charge on any atom is 0.267 e. The minimum atomic E-state index is -4.14. The third-order valence-electron chi connectivity index (χ3n) is 3.84. The van der Waals surface area contributed by atoms with E-state index in [-0.39, 0.29) is 6.61 Å². The van der Waals surface area contributed by atoms with Gasteiger partial charge in [0.05, 0.1) is 22.9 Å². The van der Waals surface area contributed by atoms with Gasteiger partial charge in [0.25, 0.3) is 10.1 Å². The van der Waals surface area contributed by atoms with Crippen molar-refractivity contribution in [1.82, 2.24) is 0 Å². The summed E-state index contributed by atoms with van der Waals surface area (Å²) in [7, 11) is -4.14. The van der Waals surface area contributed by atoms with Crippen LogP contribution in [-0.2, 0) is 25.4 Å². The van der Waals surface area contributed by atoms with Crippen molar-refractivity contribution in [3.05, 3.63) is 59.1 Å². The molecule has 0 saturated carbocycles. The summed E-state index contributed by atoms with van der Waals surface area (Å²) >= 11 is 4.10. The summed E-state index contributed by atoms with van der Waals surface area (Å²) in [5.41, 5.74) is 2.83. The first kappa shape index (κ1) is 20.0. The summed E-state index contributed by atoms with van der Waals surface area (Å²) < 4.78 is 46.8. The molecule has 0 aliphatic carbocycles.